The second-order valence-corrected chi connectivity index (χ2v) is 10.2. The molecule has 0 saturated heterocycles. The number of hydrogen-bond acceptors (Lipinski definition) is 5. The molecule has 1 fully saturated rings. The number of anilines is 1. The van der Waals surface area contributed by atoms with E-state index in [0.29, 0.717) is 5.92 Å². The van der Waals surface area contributed by atoms with E-state index >= 15 is 0 Å². The number of nitrogens with zero attached hydrogens (tertiary/aromatic N) is 1. The van der Waals surface area contributed by atoms with E-state index in [2.05, 4.69) is 36.9 Å². The first-order valence-electron chi connectivity index (χ1n) is 9.63. The number of carbonyl (C=O) groups is 1. The molecule has 1 aromatic heterocycles. The van der Waals surface area contributed by atoms with Gasteiger partial charge in [0.05, 0.1) is 9.88 Å². The van der Waals surface area contributed by atoms with Crippen molar-refractivity contribution in [3.63, 3.8) is 0 Å². The van der Waals surface area contributed by atoms with Gasteiger partial charge >= 0.3 is 0 Å². The van der Waals surface area contributed by atoms with Crippen LogP contribution in [0.5, 0.6) is 0 Å². The van der Waals surface area contributed by atoms with Gasteiger partial charge in [-0.25, -0.2) is 4.98 Å². The molecular formula is C21H29N3OS2. The monoisotopic (exact) mass is 403 g/mol. The second kappa shape index (κ2) is 8.76. The highest BCUT2D eigenvalue weighted by molar-refractivity contribution is 7.97. The SMILES string of the molecule is CC(=O)Nc1ccc(-c2cnc(C3CCCCC3)s2)c(SNC(C)(C)C)c1. The second-order valence-electron chi connectivity index (χ2n) is 8.24. The lowest BCUT2D eigenvalue weighted by molar-refractivity contribution is -0.114. The standard InChI is InChI=1S/C21H29N3OS2/c1-14(25)23-16-10-11-17(18(12-16)27-24-21(2,3)4)19-13-22-20(26-19)15-8-6-5-7-9-15/h10-13,15,24H,5-9H2,1-4H3,(H,23,25). The fourth-order valence-corrected chi connectivity index (χ4v) is 5.33. The van der Waals surface area contributed by atoms with Crippen molar-refractivity contribution in [1.82, 2.24) is 9.71 Å². The van der Waals surface area contributed by atoms with Crippen molar-refractivity contribution < 1.29 is 4.79 Å². The average Bonchev–Trinajstić information content (AvgIpc) is 3.09. The fraction of sp³-hybridized carbons (Fsp3) is 0.524. The van der Waals surface area contributed by atoms with Gasteiger partial charge in [-0.2, -0.15) is 0 Å². The number of nitrogens with one attached hydrogen (secondary N) is 2. The number of amides is 1. The summed E-state index contributed by atoms with van der Waals surface area (Å²) < 4.78 is 3.49. The van der Waals surface area contributed by atoms with E-state index in [-0.39, 0.29) is 11.4 Å². The first-order valence-corrected chi connectivity index (χ1v) is 11.3. The first-order chi connectivity index (χ1) is 12.8. The molecule has 0 aliphatic heterocycles. The van der Waals surface area contributed by atoms with Crippen LogP contribution in [0.4, 0.5) is 5.69 Å². The van der Waals surface area contributed by atoms with Crippen molar-refractivity contribution in [3.05, 3.63) is 29.4 Å². The number of thiazole rings is 1. The molecular weight excluding hydrogens is 374 g/mol. The molecule has 1 amide bonds. The van der Waals surface area contributed by atoms with Crippen LogP contribution in [0, 0.1) is 0 Å². The predicted molar refractivity (Wildman–Crippen MR) is 116 cm³/mol. The maximum absolute atomic E-state index is 11.4. The molecule has 0 radical (unpaired) electrons. The van der Waals surface area contributed by atoms with Gasteiger partial charge in [-0.3, -0.25) is 9.52 Å². The minimum absolute atomic E-state index is 0.00704. The van der Waals surface area contributed by atoms with Crippen LogP contribution in [-0.2, 0) is 4.79 Å². The highest BCUT2D eigenvalue weighted by Crippen LogP contribution is 2.40. The Bertz CT molecular complexity index is 789. The molecule has 146 valence electrons. The van der Waals surface area contributed by atoms with E-state index in [4.69, 9.17) is 4.98 Å². The van der Waals surface area contributed by atoms with Crippen LogP contribution < -0.4 is 10.0 Å². The van der Waals surface area contributed by atoms with Crippen LogP contribution >= 0.6 is 23.3 Å². The average molecular weight is 404 g/mol. The molecule has 27 heavy (non-hydrogen) atoms. The molecule has 0 unspecified atom stereocenters. The summed E-state index contributed by atoms with van der Waals surface area (Å²) in [5.74, 6) is 0.569. The molecule has 6 heteroatoms. The molecule has 1 aliphatic carbocycles. The summed E-state index contributed by atoms with van der Waals surface area (Å²) in [4.78, 5) is 18.5. The van der Waals surface area contributed by atoms with Gasteiger partial charge in [-0.15, -0.1) is 11.3 Å². The molecule has 0 atom stereocenters. The van der Waals surface area contributed by atoms with E-state index in [9.17, 15) is 4.79 Å². The number of hydrogen-bond donors (Lipinski definition) is 2. The van der Waals surface area contributed by atoms with E-state index < -0.39 is 0 Å². The van der Waals surface area contributed by atoms with Crippen molar-refractivity contribution in [3.8, 4) is 10.4 Å². The van der Waals surface area contributed by atoms with Gasteiger partial charge in [0.25, 0.3) is 0 Å². The largest absolute Gasteiger partial charge is 0.326 e. The Hall–Kier alpha value is -1.37. The van der Waals surface area contributed by atoms with E-state index in [0.717, 1.165) is 10.6 Å². The maximum Gasteiger partial charge on any atom is 0.221 e. The Labute approximate surface area is 170 Å². The van der Waals surface area contributed by atoms with E-state index in [1.807, 2.05) is 29.7 Å². The maximum atomic E-state index is 11.4. The normalized spacial score (nSPS) is 15.7. The first kappa shape index (κ1) is 20.4. The third kappa shape index (κ3) is 5.80. The summed E-state index contributed by atoms with van der Waals surface area (Å²) in [6, 6.07) is 6.11. The smallest absolute Gasteiger partial charge is 0.221 e. The van der Waals surface area contributed by atoms with Gasteiger partial charge in [0.2, 0.25) is 5.91 Å². The van der Waals surface area contributed by atoms with Crippen LogP contribution in [0.1, 0.15) is 70.7 Å². The van der Waals surface area contributed by atoms with Crippen LogP contribution in [0.25, 0.3) is 10.4 Å². The van der Waals surface area contributed by atoms with Gasteiger partial charge in [0.1, 0.15) is 0 Å². The van der Waals surface area contributed by atoms with Crippen molar-refractivity contribution >= 4 is 34.9 Å². The van der Waals surface area contributed by atoms with Crippen molar-refractivity contribution in [2.75, 3.05) is 5.32 Å². The predicted octanol–water partition coefficient (Wildman–Crippen LogP) is 6.21. The Morgan fingerprint density at radius 2 is 1.96 bits per heavy atom. The summed E-state index contributed by atoms with van der Waals surface area (Å²) in [5, 5.41) is 4.16. The van der Waals surface area contributed by atoms with Crippen molar-refractivity contribution in [2.45, 2.75) is 76.2 Å². The summed E-state index contributed by atoms with van der Waals surface area (Å²) in [7, 11) is 0. The van der Waals surface area contributed by atoms with Gasteiger partial charge in [-0.1, -0.05) is 25.3 Å². The summed E-state index contributed by atoms with van der Waals surface area (Å²) in [6.07, 6.45) is 8.55. The summed E-state index contributed by atoms with van der Waals surface area (Å²) >= 11 is 3.43. The Kier molecular flexibility index (Phi) is 6.61. The number of aromatic nitrogens is 1. The number of benzene rings is 1. The number of carbonyl (C=O) groups excluding carboxylic acids is 1. The van der Waals surface area contributed by atoms with Gasteiger partial charge < -0.3 is 5.32 Å². The summed E-state index contributed by atoms with van der Waals surface area (Å²) in [6.45, 7) is 7.97. The minimum Gasteiger partial charge on any atom is -0.326 e. The van der Waals surface area contributed by atoms with E-state index in [1.165, 1.54) is 54.5 Å². The van der Waals surface area contributed by atoms with Gasteiger partial charge in [0.15, 0.2) is 0 Å². The fourth-order valence-electron chi connectivity index (χ4n) is 3.25. The quantitative estimate of drug-likeness (QED) is 0.583. The minimum atomic E-state index is -0.0557. The molecule has 2 aromatic rings. The number of rotatable bonds is 5. The zero-order valence-corrected chi connectivity index (χ0v) is 18.2. The highest BCUT2D eigenvalue weighted by atomic mass is 32.2. The Morgan fingerprint density at radius 1 is 1.22 bits per heavy atom. The Morgan fingerprint density at radius 3 is 2.63 bits per heavy atom. The van der Waals surface area contributed by atoms with Crippen LogP contribution in [0.3, 0.4) is 0 Å². The molecule has 0 spiro atoms. The van der Waals surface area contributed by atoms with Crippen LogP contribution in [-0.4, -0.2) is 16.4 Å². The zero-order valence-electron chi connectivity index (χ0n) is 16.6. The molecule has 3 rings (SSSR count). The zero-order chi connectivity index (χ0) is 19.4. The topological polar surface area (TPSA) is 54.0 Å². The van der Waals surface area contributed by atoms with Gasteiger partial charge in [-0.05, 0) is 57.7 Å². The van der Waals surface area contributed by atoms with Crippen molar-refractivity contribution in [2.24, 2.45) is 0 Å². The molecule has 1 aromatic carbocycles. The van der Waals surface area contributed by atoms with Gasteiger partial charge in [0, 0.05) is 40.7 Å². The molecule has 4 nitrogen and oxygen atoms in total. The molecule has 1 heterocycles. The van der Waals surface area contributed by atoms with Crippen LogP contribution in [0.15, 0.2) is 29.3 Å². The Balaban J connectivity index is 1.88. The lowest BCUT2D eigenvalue weighted by Crippen LogP contribution is -2.29. The lowest BCUT2D eigenvalue weighted by Gasteiger charge is -2.21. The molecule has 0 bridgehead atoms. The third-order valence-corrected chi connectivity index (χ3v) is 6.98. The third-order valence-electron chi connectivity index (χ3n) is 4.51. The molecule has 1 saturated carbocycles. The molecule has 2 N–H and O–H groups in total. The molecule has 1 aliphatic rings. The van der Waals surface area contributed by atoms with E-state index in [1.54, 1.807) is 11.9 Å². The highest BCUT2D eigenvalue weighted by Gasteiger charge is 2.20. The summed E-state index contributed by atoms with van der Waals surface area (Å²) in [5.41, 5.74) is 1.99. The van der Waals surface area contributed by atoms with Crippen LogP contribution in [0.2, 0.25) is 0 Å². The lowest BCUT2D eigenvalue weighted by atomic mass is 9.90. The van der Waals surface area contributed by atoms with Crippen molar-refractivity contribution in [1.29, 1.82) is 0 Å².